The quantitative estimate of drug-likeness (QED) is 0.675. The first-order chi connectivity index (χ1) is 6.59. The summed E-state index contributed by atoms with van der Waals surface area (Å²) in [4.78, 5) is 10.7. The summed E-state index contributed by atoms with van der Waals surface area (Å²) in [5.41, 5.74) is 6.23. The smallest absolute Gasteiger partial charge is 0.221 e. The summed E-state index contributed by atoms with van der Waals surface area (Å²) in [5, 5.41) is 7.18. The van der Waals surface area contributed by atoms with Crippen LogP contribution in [0, 0.1) is 5.92 Å². The Kier molecular flexibility index (Phi) is 3.64. The zero-order valence-corrected chi connectivity index (χ0v) is 8.53. The molecule has 1 unspecified atom stereocenters. The van der Waals surface area contributed by atoms with E-state index in [0.717, 1.165) is 5.56 Å². The summed E-state index contributed by atoms with van der Waals surface area (Å²) in [7, 11) is 1.87. The molecule has 0 aromatic carbocycles. The highest BCUT2D eigenvalue weighted by Gasteiger charge is 2.07. The Balaban J connectivity index is 2.25. The normalized spacial score (nSPS) is 12.7. The van der Waals surface area contributed by atoms with Gasteiger partial charge in [-0.3, -0.25) is 9.48 Å². The molecule has 0 radical (unpaired) electrons. The van der Waals surface area contributed by atoms with Crippen molar-refractivity contribution >= 4 is 5.91 Å². The second kappa shape index (κ2) is 4.76. The monoisotopic (exact) mass is 196 g/mol. The predicted molar refractivity (Wildman–Crippen MR) is 53.3 cm³/mol. The summed E-state index contributed by atoms with van der Waals surface area (Å²) in [6.45, 7) is 3.12. The van der Waals surface area contributed by atoms with E-state index in [1.54, 1.807) is 17.8 Å². The molecule has 14 heavy (non-hydrogen) atoms. The van der Waals surface area contributed by atoms with E-state index in [9.17, 15) is 4.79 Å². The standard InChI is InChI=1S/C9H16N4O/c1-7(9(10)14)3-11-4-8-5-12-13(2)6-8/h5-7,11H,3-4H2,1-2H3,(H2,10,14). The number of nitrogens with one attached hydrogen (secondary N) is 1. The van der Waals surface area contributed by atoms with Crippen LogP contribution in [0.15, 0.2) is 12.4 Å². The number of hydrogen-bond donors (Lipinski definition) is 2. The molecule has 5 nitrogen and oxygen atoms in total. The number of aryl methyl sites for hydroxylation is 1. The zero-order valence-electron chi connectivity index (χ0n) is 8.53. The van der Waals surface area contributed by atoms with E-state index in [2.05, 4.69) is 10.4 Å². The van der Waals surface area contributed by atoms with Gasteiger partial charge in [0.2, 0.25) is 5.91 Å². The number of carbonyl (C=O) groups is 1. The Labute approximate surface area is 83.3 Å². The Morgan fingerprint density at radius 3 is 3.00 bits per heavy atom. The Bertz CT molecular complexity index is 308. The average molecular weight is 196 g/mol. The fourth-order valence-corrected chi connectivity index (χ4v) is 1.10. The van der Waals surface area contributed by atoms with Gasteiger partial charge in [0.15, 0.2) is 0 Å². The van der Waals surface area contributed by atoms with Crippen molar-refractivity contribution in [1.82, 2.24) is 15.1 Å². The van der Waals surface area contributed by atoms with Crippen molar-refractivity contribution in [3.05, 3.63) is 18.0 Å². The first kappa shape index (κ1) is 10.7. The van der Waals surface area contributed by atoms with E-state index >= 15 is 0 Å². The van der Waals surface area contributed by atoms with Gasteiger partial charge in [-0.05, 0) is 0 Å². The minimum absolute atomic E-state index is 0.133. The van der Waals surface area contributed by atoms with Gasteiger partial charge < -0.3 is 11.1 Å². The molecule has 0 aliphatic rings. The number of aromatic nitrogens is 2. The molecule has 78 valence electrons. The fraction of sp³-hybridized carbons (Fsp3) is 0.556. The summed E-state index contributed by atoms with van der Waals surface area (Å²) < 4.78 is 1.74. The molecule has 1 amide bonds. The minimum Gasteiger partial charge on any atom is -0.369 e. The lowest BCUT2D eigenvalue weighted by molar-refractivity contribution is -0.121. The third kappa shape index (κ3) is 3.18. The number of carbonyl (C=O) groups excluding carboxylic acids is 1. The predicted octanol–water partition coefficient (Wildman–Crippen LogP) is -0.369. The highest BCUT2D eigenvalue weighted by atomic mass is 16.1. The Morgan fingerprint density at radius 1 is 1.79 bits per heavy atom. The van der Waals surface area contributed by atoms with Crippen molar-refractivity contribution in [2.45, 2.75) is 13.5 Å². The molecule has 0 aliphatic heterocycles. The highest BCUT2D eigenvalue weighted by molar-refractivity contribution is 5.76. The lowest BCUT2D eigenvalue weighted by Gasteiger charge is -2.07. The van der Waals surface area contributed by atoms with Crippen LogP contribution in [0.2, 0.25) is 0 Å². The largest absolute Gasteiger partial charge is 0.369 e. The number of rotatable bonds is 5. The molecule has 0 spiro atoms. The molecule has 3 N–H and O–H groups in total. The third-order valence-electron chi connectivity index (χ3n) is 2.02. The maximum Gasteiger partial charge on any atom is 0.221 e. The van der Waals surface area contributed by atoms with Crippen LogP contribution in [-0.4, -0.2) is 22.2 Å². The maximum atomic E-state index is 10.7. The van der Waals surface area contributed by atoms with Gasteiger partial charge in [0.1, 0.15) is 0 Å². The zero-order chi connectivity index (χ0) is 10.6. The molecule has 1 aromatic heterocycles. The van der Waals surface area contributed by atoms with Gasteiger partial charge in [-0.25, -0.2) is 0 Å². The van der Waals surface area contributed by atoms with Gasteiger partial charge in [0.05, 0.1) is 6.20 Å². The number of amides is 1. The van der Waals surface area contributed by atoms with E-state index in [-0.39, 0.29) is 11.8 Å². The topological polar surface area (TPSA) is 72.9 Å². The number of hydrogen-bond acceptors (Lipinski definition) is 3. The van der Waals surface area contributed by atoms with Gasteiger partial charge in [-0.1, -0.05) is 6.92 Å². The lowest BCUT2D eigenvalue weighted by Crippen LogP contribution is -2.30. The summed E-state index contributed by atoms with van der Waals surface area (Å²) >= 11 is 0. The van der Waals surface area contributed by atoms with Gasteiger partial charge >= 0.3 is 0 Å². The molecule has 0 saturated heterocycles. The first-order valence-corrected chi connectivity index (χ1v) is 4.57. The first-order valence-electron chi connectivity index (χ1n) is 4.57. The Morgan fingerprint density at radius 2 is 2.50 bits per heavy atom. The molecule has 0 fully saturated rings. The van der Waals surface area contributed by atoms with Gasteiger partial charge in [0.25, 0.3) is 0 Å². The van der Waals surface area contributed by atoms with Gasteiger partial charge in [0, 0.05) is 37.8 Å². The van der Waals surface area contributed by atoms with E-state index in [0.29, 0.717) is 13.1 Å². The van der Waals surface area contributed by atoms with Crippen LogP contribution in [-0.2, 0) is 18.4 Å². The van der Waals surface area contributed by atoms with E-state index in [1.807, 2.05) is 13.2 Å². The van der Waals surface area contributed by atoms with E-state index in [4.69, 9.17) is 5.73 Å². The molecule has 0 bridgehead atoms. The van der Waals surface area contributed by atoms with Crippen LogP contribution < -0.4 is 11.1 Å². The Hall–Kier alpha value is -1.36. The van der Waals surface area contributed by atoms with Crippen LogP contribution in [0.5, 0.6) is 0 Å². The van der Waals surface area contributed by atoms with E-state index < -0.39 is 0 Å². The van der Waals surface area contributed by atoms with Crippen molar-refractivity contribution in [2.24, 2.45) is 18.7 Å². The average Bonchev–Trinajstić information content (AvgIpc) is 2.51. The summed E-state index contributed by atoms with van der Waals surface area (Å²) in [6.07, 6.45) is 3.73. The number of nitrogens with zero attached hydrogens (tertiary/aromatic N) is 2. The molecule has 1 aromatic rings. The fourth-order valence-electron chi connectivity index (χ4n) is 1.10. The van der Waals surface area contributed by atoms with Crippen LogP contribution in [0.25, 0.3) is 0 Å². The lowest BCUT2D eigenvalue weighted by atomic mass is 10.2. The van der Waals surface area contributed by atoms with Crippen molar-refractivity contribution in [3.63, 3.8) is 0 Å². The summed E-state index contributed by atoms with van der Waals surface area (Å²) in [6, 6.07) is 0. The van der Waals surface area contributed by atoms with Crippen molar-refractivity contribution in [3.8, 4) is 0 Å². The van der Waals surface area contributed by atoms with Gasteiger partial charge in [-0.2, -0.15) is 5.10 Å². The molecule has 0 aliphatic carbocycles. The molecule has 1 rings (SSSR count). The summed E-state index contributed by atoms with van der Waals surface area (Å²) in [5.74, 6) is -0.407. The SMILES string of the molecule is CC(CNCc1cnn(C)c1)C(N)=O. The van der Waals surface area contributed by atoms with Crippen LogP contribution in [0.3, 0.4) is 0 Å². The second-order valence-electron chi connectivity index (χ2n) is 3.46. The molecule has 1 heterocycles. The number of nitrogens with two attached hydrogens (primary N) is 1. The molecular formula is C9H16N4O. The van der Waals surface area contributed by atoms with Gasteiger partial charge in [-0.15, -0.1) is 0 Å². The van der Waals surface area contributed by atoms with Crippen LogP contribution in [0.1, 0.15) is 12.5 Å². The molecule has 0 saturated carbocycles. The van der Waals surface area contributed by atoms with Crippen molar-refractivity contribution in [2.75, 3.05) is 6.54 Å². The molecular weight excluding hydrogens is 180 g/mol. The highest BCUT2D eigenvalue weighted by Crippen LogP contribution is 1.96. The number of primary amides is 1. The van der Waals surface area contributed by atoms with Crippen molar-refractivity contribution < 1.29 is 4.79 Å². The molecule has 5 heteroatoms. The second-order valence-corrected chi connectivity index (χ2v) is 3.46. The van der Waals surface area contributed by atoms with E-state index in [1.165, 1.54) is 0 Å². The maximum absolute atomic E-state index is 10.7. The van der Waals surface area contributed by atoms with Crippen LogP contribution in [0.4, 0.5) is 0 Å². The van der Waals surface area contributed by atoms with Crippen molar-refractivity contribution in [1.29, 1.82) is 0 Å². The minimum atomic E-state index is -0.274. The van der Waals surface area contributed by atoms with Crippen LogP contribution >= 0.6 is 0 Å². The third-order valence-corrected chi connectivity index (χ3v) is 2.02. The molecule has 1 atom stereocenters.